The van der Waals surface area contributed by atoms with Gasteiger partial charge in [0, 0.05) is 23.4 Å². The van der Waals surface area contributed by atoms with Gasteiger partial charge in [-0.1, -0.05) is 25.1 Å². The molecule has 0 aliphatic rings. The highest BCUT2D eigenvalue weighted by atomic mass is 16.5. The first-order valence-electron chi connectivity index (χ1n) is 8.83. The molecule has 0 spiro atoms. The van der Waals surface area contributed by atoms with E-state index < -0.39 is 0 Å². The van der Waals surface area contributed by atoms with Crippen molar-refractivity contribution in [1.29, 1.82) is 0 Å². The summed E-state index contributed by atoms with van der Waals surface area (Å²) in [6, 6.07) is 9.26. The van der Waals surface area contributed by atoms with Gasteiger partial charge in [-0.2, -0.15) is 4.98 Å². The van der Waals surface area contributed by atoms with Gasteiger partial charge in [-0.15, -0.1) is 0 Å². The van der Waals surface area contributed by atoms with Crippen LogP contribution in [0.2, 0.25) is 0 Å². The minimum absolute atomic E-state index is 0.144. The minimum atomic E-state index is -0.146. The second kappa shape index (κ2) is 7.65. The normalized spacial score (nSPS) is 11.0. The molecule has 0 fully saturated rings. The van der Waals surface area contributed by atoms with Crippen molar-refractivity contribution >= 4 is 11.6 Å². The van der Waals surface area contributed by atoms with E-state index in [0.717, 1.165) is 17.0 Å². The molecule has 0 atom stereocenters. The molecule has 1 amide bonds. The van der Waals surface area contributed by atoms with Gasteiger partial charge in [0.2, 0.25) is 5.91 Å². The molecule has 0 radical (unpaired) electrons. The Morgan fingerprint density at radius 3 is 2.74 bits per heavy atom. The van der Waals surface area contributed by atoms with Gasteiger partial charge in [0.1, 0.15) is 18.0 Å². The van der Waals surface area contributed by atoms with Crippen LogP contribution in [0.15, 0.2) is 34.9 Å². The quantitative estimate of drug-likeness (QED) is 0.713. The first kappa shape index (κ1) is 18.7. The Kier molecular flexibility index (Phi) is 5.30. The van der Waals surface area contributed by atoms with Gasteiger partial charge >= 0.3 is 0 Å². The van der Waals surface area contributed by atoms with Crippen LogP contribution in [0.5, 0.6) is 5.75 Å². The fraction of sp³-hybridized carbons (Fsp3) is 0.350. The smallest absolute Gasteiger partial charge is 0.274 e. The Labute approximate surface area is 158 Å². The summed E-state index contributed by atoms with van der Waals surface area (Å²) in [5.41, 5.74) is 3.39. The van der Waals surface area contributed by atoms with Gasteiger partial charge < -0.3 is 19.1 Å². The first-order chi connectivity index (χ1) is 12.9. The Bertz CT molecular complexity index is 956. The third-order valence-corrected chi connectivity index (χ3v) is 4.31. The number of aromatic nitrogens is 3. The van der Waals surface area contributed by atoms with Crippen LogP contribution in [-0.2, 0) is 11.3 Å². The third kappa shape index (κ3) is 4.02. The molecule has 2 aromatic heterocycles. The lowest BCUT2D eigenvalue weighted by Gasteiger charge is -2.11. The molecule has 0 aliphatic carbocycles. The number of nitrogens with zero attached hydrogens (tertiary/aromatic N) is 3. The second-order valence-corrected chi connectivity index (χ2v) is 6.80. The number of ether oxygens (including phenoxy) is 1. The highest BCUT2D eigenvalue weighted by Gasteiger charge is 2.20. The van der Waals surface area contributed by atoms with Crippen molar-refractivity contribution in [2.24, 2.45) is 0 Å². The van der Waals surface area contributed by atoms with E-state index in [1.165, 1.54) is 0 Å². The van der Waals surface area contributed by atoms with Crippen molar-refractivity contribution < 1.29 is 14.1 Å². The summed E-state index contributed by atoms with van der Waals surface area (Å²) < 4.78 is 12.5. The standard InChI is InChI=1S/C20H24N4O3/c1-12(2)19-22-20(27-23-19)18-13(3)9-14(4)24(18)11-17(25)21-15-7-6-8-16(10-15)26-5/h6-10,12H,11H2,1-5H3,(H,21,25). The van der Waals surface area contributed by atoms with Crippen LogP contribution in [0.4, 0.5) is 5.69 Å². The van der Waals surface area contributed by atoms with Crippen molar-refractivity contribution in [3.05, 3.63) is 47.4 Å². The number of rotatable bonds is 6. The van der Waals surface area contributed by atoms with Gasteiger partial charge in [0.05, 0.1) is 7.11 Å². The first-order valence-corrected chi connectivity index (χ1v) is 8.83. The zero-order valence-corrected chi connectivity index (χ0v) is 16.2. The Morgan fingerprint density at radius 1 is 1.30 bits per heavy atom. The largest absolute Gasteiger partial charge is 0.497 e. The Balaban J connectivity index is 1.85. The van der Waals surface area contributed by atoms with E-state index in [2.05, 4.69) is 15.5 Å². The molecule has 0 aliphatic heterocycles. The van der Waals surface area contributed by atoms with Crippen LogP contribution in [0.1, 0.15) is 36.8 Å². The maximum Gasteiger partial charge on any atom is 0.274 e. The van der Waals surface area contributed by atoms with E-state index >= 15 is 0 Å². The molecule has 0 unspecified atom stereocenters. The molecular formula is C20H24N4O3. The Hall–Kier alpha value is -3.09. The number of benzene rings is 1. The summed E-state index contributed by atoms with van der Waals surface area (Å²) in [7, 11) is 1.59. The lowest BCUT2D eigenvalue weighted by molar-refractivity contribution is -0.116. The van der Waals surface area contributed by atoms with Crippen LogP contribution in [0, 0.1) is 13.8 Å². The SMILES string of the molecule is COc1cccc(NC(=O)Cn2c(C)cc(C)c2-c2nc(C(C)C)no2)c1. The number of anilines is 1. The molecule has 7 heteroatoms. The van der Waals surface area contributed by atoms with E-state index in [-0.39, 0.29) is 18.4 Å². The van der Waals surface area contributed by atoms with Crippen LogP contribution in [0.3, 0.4) is 0 Å². The van der Waals surface area contributed by atoms with Gasteiger partial charge in [0.25, 0.3) is 5.89 Å². The molecule has 0 saturated heterocycles. The predicted molar refractivity (Wildman–Crippen MR) is 103 cm³/mol. The number of hydrogen-bond donors (Lipinski definition) is 1. The van der Waals surface area contributed by atoms with Crippen LogP contribution >= 0.6 is 0 Å². The maximum atomic E-state index is 12.6. The highest BCUT2D eigenvalue weighted by Crippen LogP contribution is 2.27. The summed E-state index contributed by atoms with van der Waals surface area (Å²) in [5, 5.41) is 6.93. The fourth-order valence-electron chi connectivity index (χ4n) is 2.95. The molecule has 0 bridgehead atoms. The zero-order valence-electron chi connectivity index (χ0n) is 16.2. The maximum absolute atomic E-state index is 12.6. The molecule has 2 heterocycles. The minimum Gasteiger partial charge on any atom is -0.497 e. The molecule has 1 N–H and O–H groups in total. The van der Waals surface area contributed by atoms with Crippen molar-refractivity contribution in [3.63, 3.8) is 0 Å². The number of methoxy groups -OCH3 is 1. The van der Waals surface area contributed by atoms with Crippen LogP contribution < -0.4 is 10.1 Å². The molecule has 7 nitrogen and oxygen atoms in total. The lowest BCUT2D eigenvalue weighted by atomic mass is 10.2. The van der Waals surface area contributed by atoms with Crippen molar-refractivity contribution in [3.8, 4) is 17.3 Å². The summed E-state index contributed by atoms with van der Waals surface area (Å²) in [5.74, 6) is 1.79. The molecule has 142 valence electrons. The van der Waals surface area contributed by atoms with E-state index in [9.17, 15) is 4.79 Å². The van der Waals surface area contributed by atoms with Gasteiger partial charge in [-0.3, -0.25) is 4.79 Å². The Morgan fingerprint density at radius 2 is 2.07 bits per heavy atom. The number of amides is 1. The highest BCUT2D eigenvalue weighted by molar-refractivity contribution is 5.91. The molecule has 1 aromatic carbocycles. The number of nitrogens with one attached hydrogen (secondary N) is 1. The van der Waals surface area contributed by atoms with Crippen molar-refractivity contribution in [2.45, 2.75) is 40.2 Å². The average Bonchev–Trinajstić information content (AvgIpc) is 3.20. The van der Waals surface area contributed by atoms with Crippen molar-refractivity contribution in [2.75, 3.05) is 12.4 Å². The summed E-state index contributed by atoms with van der Waals surface area (Å²) >= 11 is 0. The molecular weight excluding hydrogens is 344 g/mol. The summed E-state index contributed by atoms with van der Waals surface area (Å²) in [6.45, 7) is 8.08. The second-order valence-electron chi connectivity index (χ2n) is 6.80. The topological polar surface area (TPSA) is 82.2 Å². The number of carbonyl (C=O) groups excluding carboxylic acids is 1. The van der Waals surface area contributed by atoms with Crippen LogP contribution in [0.25, 0.3) is 11.6 Å². The predicted octanol–water partition coefficient (Wildman–Crippen LogP) is 3.93. The summed E-state index contributed by atoms with van der Waals surface area (Å²) in [4.78, 5) is 17.1. The number of aryl methyl sites for hydroxylation is 2. The summed E-state index contributed by atoms with van der Waals surface area (Å²) in [6.07, 6.45) is 0. The molecule has 3 rings (SSSR count). The van der Waals surface area contributed by atoms with Crippen LogP contribution in [-0.4, -0.2) is 27.7 Å². The monoisotopic (exact) mass is 368 g/mol. The fourth-order valence-corrected chi connectivity index (χ4v) is 2.95. The zero-order chi connectivity index (χ0) is 19.6. The van der Waals surface area contributed by atoms with Gasteiger partial charge in [-0.25, -0.2) is 0 Å². The number of carbonyl (C=O) groups is 1. The molecule has 0 saturated carbocycles. The average molecular weight is 368 g/mol. The van der Waals surface area contributed by atoms with Gasteiger partial charge in [-0.05, 0) is 37.6 Å². The molecule has 27 heavy (non-hydrogen) atoms. The van der Waals surface area contributed by atoms with Crippen molar-refractivity contribution in [1.82, 2.24) is 14.7 Å². The van der Waals surface area contributed by atoms with E-state index in [1.54, 1.807) is 13.2 Å². The van der Waals surface area contributed by atoms with Gasteiger partial charge in [0.15, 0.2) is 5.82 Å². The van der Waals surface area contributed by atoms with E-state index in [1.807, 2.05) is 56.5 Å². The number of hydrogen-bond acceptors (Lipinski definition) is 5. The lowest BCUT2D eigenvalue weighted by Crippen LogP contribution is -2.20. The van der Waals surface area contributed by atoms with E-state index in [0.29, 0.717) is 23.2 Å². The molecule has 3 aromatic rings. The third-order valence-electron chi connectivity index (χ3n) is 4.31. The van der Waals surface area contributed by atoms with E-state index in [4.69, 9.17) is 9.26 Å².